The van der Waals surface area contributed by atoms with Gasteiger partial charge in [-0.2, -0.15) is 0 Å². The van der Waals surface area contributed by atoms with E-state index in [1.54, 1.807) is 12.1 Å². The Labute approximate surface area is 167 Å². The number of para-hydroxylation sites is 2. The van der Waals surface area contributed by atoms with Gasteiger partial charge < -0.3 is 9.16 Å². The fourth-order valence-corrected chi connectivity index (χ4v) is 4.39. The van der Waals surface area contributed by atoms with Gasteiger partial charge in [0.15, 0.2) is 8.32 Å². The molecule has 28 heavy (non-hydrogen) atoms. The molecule has 0 fully saturated rings. The van der Waals surface area contributed by atoms with Gasteiger partial charge in [0.2, 0.25) is 0 Å². The molecule has 0 saturated heterocycles. The van der Waals surface area contributed by atoms with E-state index >= 15 is 0 Å². The molecule has 0 unspecified atom stereocenters. The van der Waals surface area contributed by atoms with Crippen molar-refractivity contribution in [3.05, 3.63) is 47.5 Å². The fraction of sp³-hybridized carbons (Fsp3) is 0.409. The number of aromatic nitrogens is 2. The highest BCUT2D eigenvalue weighted by atomic mass is 28.4. The molecule has 0 aliphatic carbocycles. The molecule has 0 amide bonds. The van der Waals surface area contributed by atoms with Crippen molar-refractivity contribution in [2.45, 2.75) is 51.9 Å². The molecule has 1 heterocycles. The molecule has 1 aromatic heterocycles. The lowest BCUT2D eigenvalue weighted by molar-refractivity contribution is 0.0602. The predicted octanol–water partition coefficient (Wildman–Crippen LogP) is 5.65. The normalized spacial score (nSPS) is 13.7. The number of hydrogen-bond acceptors (Lipinski definition) is 5. The van der Waals surface area contributed by atoms with Crippen LogP contribution in [0, 0.1) is 0 Å². The molecule has 5 nitrogen and oxygen atoms in total. The molecular formula is C22H28N2O3Si. The van der Waals surface area contributed by atoms with Crippen molar-refractivity contribution in [3.63, 3.8) is 0 Å². The van der Waals surface area contributed by atoms with Gasteiger partial charge in [0.05, 0.1) is 35.3 Å². The Kier molecular flexibility index (Phi) is 5.29. The van der Waals surface area contributed by atoms with Crippen LogP contribution in [-0.4, -0.2) is 31.4 Å². The number of ether oxygens (including phenoxy) is 1. The number of esters is 1. The fourth-order valence-electron chi connectivity index (χ4n) is 3.03. The minimum Gasteiger partial charge on any atom is -0.465 e. The van der Waals surface area contributed by atoms with E-state index < -0.39 is 14.3 Å². The van der Waals surface area contributed by atoms with Crippen molar-refractivity contribution in [2.24, 2.45) is 0 Å². The third-order valence-electron chi connectivity index (χ3n) is 5.65. The molecule has 0 aliphatic heterocycles. The predicted molar refractivity (Wildman–Crippen MR) is 115 cm³/mol. The molecule has 0 saturated carbocycles. The van der Waals surface area contributed by atoms with Crippen molar-refractivity contribution < 1.29 is 14.0 Å². The van der Waals surface area contributed by atoms with E-state index in [2.05, 4.69) is 40.8 Å². The number of rotatable bonds is 4. The summed E-state index contributed by atoms with van der Waals surface area (Å²) in [6, 6.07) is 11.3. The van der Waals surface area contributed by atoms with Crippen LogP contribution in [-0.2, 0) is 9.16 Å². The maximum atomic E-state index is 12.1. The number of methoxy groups -OCH3 is 1. The summed E-state index contributed by atoms with van der Waals surface area (Å²) < 4.78 is 11.5. The molecule has 0 aliphatic rings. The largest absolute Gasteiger partial charge is 0.465 e. The second kappa shape index (κ2) is 7.26. The number of carbonyl (C=O) groups is 1. The van der Waals surface area contributed by atoms with E-state index in [1.807, 2.05) is 24.3 Å². The van der Waals surface area contributed by atoms with Crippen molar-refractivity contribution in [1.82, 2.24) is 9.97 Å². The first-order valence-corrected chi connectivity index (χ1v) is 12.4. The lowest BCUT2D eigenvalue weighted by Gasteiger charge is -2.38. The van der Waals surface area contributed by atoms with Crippen LogP contribution in [0.4, 0.5) is 0 Å². The van der Waals surface area contributed by atoms with Gasteiger partial charge >= 0.3 is 5.97 Å². The molecule has 0 spiro atoms. The molecule has 0 radical (unpaired) electrons. The Morgan fingerprint density at radius 3 is 2.18 bits per heavy atom. The molecule has 6 heteroatoms. The molecule has 0 bridgehead atoms. The number of hydrogen-bond donors (Lipinski definition) is 0. The molecule has 0 N–H and O–H groups in total. The average Bonchev–Trinajstić information content (AvgIpc) is 2.63. The summed E-state index contributed by atoms with van der Waals surface area (Å²) in [5.41, 5.74) is 4.21. The monoisotopic (exact) mass is 396 g/mol. The van der Waals surface area contributed by atoms with Crippen LogP contribution in [0.1, 0.15) is 49.7 Å². The highest BCUT2D eigenvalue weighted by molar-refractivity contribution is 6.74. The minimum absolute atomic E-state index is 0.0971. The lowest BCUT2D eigenvalue weighted by atomic mass is 10.1. The maximum absolute atomic E-state index is 12.1. The molecule has 2 aromatic carbocycles. The molecule has 1 atom stereocenters. The van der Waals surface area contributed by atoms with Crippen LogP contribution < -0.4 is 0 Å². The van der Waals surface area contributed by atoms with Crippen LogP contribution in [0.25, 0.3) is 22.1 Å². The van der Waals surface area contributed by atoms with E-state index in [-0.39, 0.29) is 11.1 Å². The number of carbonyl (C=O) groups excluding carboxylic acids is 1. The van der Waals surface area contributed by atoms with Gasteiger partial charge in [0.1, 0.15) is 5.52 Å². The zero-order valence-electron chi connectivity index (χ0n) is 17.7. The lowest BCUT2D eigenvalue weighted by Crippen LogP contribution is -2.41. The number of fused-ring (bicyclic) bond motifs is 2. The highest BCUT2D eigenvalue weighted by Gasteiger charge is 2.38. The maximum Gasteiger partial charge on any atom is 0.340 e. The zero-order valence-corrected chi connectivity index (χ0v) is 18.7. The van der Waals surface area contributed by atoms with Gasteiger partial charge in [-0.1, -0.05) is 39.0 Å². The topological polar surface area (TPSA) is 61.3 Å². The SMILES string of the molecule is COC(=O)c1cccc2nc3c([C@@H](C)O[Si](C)(C)C(C)(C)C)cccc3nc12. The van der Waals surface area contributed by atoms with Crippen molar-refractivity contribution in [2.75, 3.05) is 7.11 Å². The zero-order chi connectivity index (χ0) is 20.7. The Morgan fingerprint density at radius 1 is 1.00 bits per heavy atom. The van der Waals surface area contributed by atoms with Gasteiger partial charge in [0, 0.05) is 5.56 Å². The van der Waals surface area contributed by atoms with Crippen LogP contribution in [0.15, 0.2) is 36.4 Å². The van der Waals surface area contributed by atoms with E-state index in [9.17, 15) is 4.79 Å². The Bertz CT molecular complexity index is 1040. The summed E-state index contributed by atoms with van der Waals surface area (Å²) in [6.07, 6.45) is -0.0971. The summed E-state index contributed by atoms with van der Waals surface area (Å²) in [6.45, 7) is 13.3. The van der Waals surface area contributed by atoms with E-state index in [0.29, 0.717) is 16.6 Å². The number of nitrogens with zero attached hydrogens (tertiary/aromatic N) is 2. The van der Waals surface area contributed by atoms with Crippen LogP contribution in [0.3, 0.4) is 0 Å². The molecule has 148 valence electrons. The first kappa shape index (κ1) is 20.4. The third-order valence-corrected chi connectivity index (χ3v) is 10.2. The van der Waals surface area contributed by atoms with Crippen molar-refractivity contribution in [3.8, 4) is 0 Å². The first-order chi connectivity index (χ1) is 13.0. The second-order valence-corrected chi connectivity index (χ2v) is 13.4. The second-order valence-electron chi connectivity index (χ2n) is 8.62. The van der Waals surface area contributed by atoms with Crippen LogP contribution in [0.2, 0.25) is 18.1 Å². The quantitative estimate of drug-likeness (QED) is 0.324. The Morgan fingerprint density at radius 2 is 1.57 bits per heavy atom. The van der Waals surface area contributed by atoms with Gasteiger partial charge in [-0.3, -0.25) is 0 Å². The highest BCUT2D eigenvalue weighted by Crippen LogP contribution is 2.40. The smallest absolute Gasteiger partial charge is 0.340 e. The summed E-state index contributed by atoms with van der Waals surface area (Å²) in [5, 5.41) is 0.125. The summed E-state index contributed by atoms with van der Waals surface area (Å²) in [4.78, 5) is 21.6. The standard InChI is InChI=1S/C22H28N2O3Si/c1-14(27-28(6,7)22(2,3)4)15-10-8-12-17-19(15)23-18-13-9-11-16(20(18)24-17)21(25)26-5/h8-14H,1-7H3/t14-/m1/s1. The van der Waals surface area contributed by atoms with Crippen LogP contribution in [0.5, 0.6) is 0 Å². The molecule has 3 rings (SSSR count). The minimum atomic E-state index is -1.93. The first-order valence-electron chi connectivity index (χ1n) is 9.50. The summed E-state index contributed by atoms with van der Waals surface area (Å²) in [5.74, 6) is -0.412. The van der Waals surface area contributed by atoms with E-state index in [1.165, 1.54) is 7.11 Å². The van der Waals surface area contributed by atoms with Crippen LogP contribution >= 0.6 is 0 Å². The summed E-state index contributed by atoms with van der Waals surface area (Å²) in [7, 11) is -0.561. The average molecular weight is 397 g/mol. The third kappa shape index (κ3) is 3.66. The Balaban J connectivity index is 2.13. The van der Waals surface area contributed by atoms with Gasteiger partial charge in [-0.05, 0) is 43.3 Å². The Hall–Kier alpha value is -2.31. The number of benzene rings is 2. The van der Waals surface area contributed by atoms with Crippen molar-refractivity contribution >= 4 is 36.4 Å². The van der Waals surface area contributed by atoms with E-state index in [4.69, 9.17) is 19.1 Å². The van der Waals surface area contributed by atoms with Gasteiger partial charge in [-0.15, -0.1) is 0 Å². The van der Waals surface area contributed by atoms with Gasteiger partial charge in [0.25, 0.3) is 0 Å². The van der Waals surface area contributed by atoms with E-state index in [0.717, 1.165) is 16.6 Å². The summed E-state index contributed by atoms with van der Waals surface area (Å²) >= 11 is 0. The molecular weight excluding hydrogens is 368 g/mol. The van der Waals surface area contributed by atoms with Gasteiger partial charge in [-0.25, -0.2) is 14.8 Å². The van der Waals surface area contributed by atoms with Crippen molar-refractivity contribution in [1.29, 1.82) is 0 Å². The molecule has 3 aromatic rings.